The highest BCUT2D eigenvalue weighted by Gasteiger charge is 2.03. The standard InChI is InChI=1S/C11H17NO2S/c1-9(13)8-12-11(14)6-2-4-10-5-3-7-15-10/h3,5,7,9,13H,2,4,6,8H2,1H3,(H,12,14). The maximum atomic E-state index is 11.3. The van der Waals surface area contributed by atoms with E-state index in [1.54, 1.807) is 18.3 Å². The zero-order valence-corrected chi connectivity index (χ0v) is 9.72. The lowest BCUT2D eigenvalue weighted by molar-refractivity contribution is -0.121. The highest BCUT2D eigenvalue weighted by Crippen LogP contribution is 2.11. The monoisotopic (exact) mass is 227 g/mol. The Morgan fingerprint density at radius 3 is 3.07 bits per heavy atom. The van der Waals surface area contributed by atoms with Crippen molar-refractivity contribution in [3.8, 4) is 0 Å². The number of aliphatic hydroxyl groups excluding tert-OH is 1. The molecule has 1 amide bonds. The van der Waals surface area contributed by atoms with Gasteiger partial charge in [0.15, 0.2) is 0 Å². The predicted octanol–water partition coefficient (Wildman–Crippen LogP) is 1.57. The second-order valence-corrected chi connectivity index (χ2v) is 4.62. The van der Waals surface area contributed by atoms with Crippen molar-refractivity contribution in [3.05, 3.63) is 22.4 Å². The molecule has 0 saturated heterocycles. The van der Waals surface area contributed by atoms with Gasteiger partial charge >= 0.3 is 0 Å². The minimum atomic E-state index is -0.466. The van der Waals surface area contributed by atoms with Gasteiger partial charge in [-0.3, -0.25) is 4.79 Å². The average Bonchev–Trinajstić information content (AvgIpc) is 2.67. The molecular weight excluding hydrogens is 210 g/mol. The van der Waals surface area contributed by atoms with E-state index in [0.29, 0.717) is 13.0 Å². The van der Waals surface area contributed by atoms with Gasteiger partial charge in [-0.25, -0.2) is 0 Å². The number of nitrogens with one attached hydrogen (secondary N) is 1. The van der Waals surface area contributed by atoms with Crippen LogP contribution >= 0.6 is 11.3 Å². The summed E-state index contributed by atoms with van der Waals surface area (Å²) in [6, 6.07) is 4.10. The number of rotatable bonds is 6. The Morgan fingerprint density at radius 1 is 1.67 bits per heavy atom. The van der Waals surface area contributed by atoms with Crippen molar-refractivity contribution in [1.29, 1.82) is 0 Å². The zero-order chi connectivity index (χ0) is 11.1. The summed E-state index contributed by atoms with van der Waals surface area (Å²) in [7, 11) is 0. The van der Waals surface area contributed by atoms with Crippen LogP contribution in [0.2, 0.25) is 0 Å². The molecule has 1 unspecified atom stereocenters. The fourth-order valence-corrected chi connectivity index (χ4v) is 1.98. The van der Waals surface area contributed by atoms with Crippen molar-refractivity contribution in [1.82, 2.24) is 5.32 Å². The third kappa shape index (κ3) is 5.54. The molecule has 0 bridgehead atoms. The quantitative estimate of drug-likeness (QED) is 0.775. The lowest BCUT2D eigenvalue weighted by atomic mass is 10.2. The number of hydrogen-bond donors (Lipinski definition) is 2. The first-order valence-corrected chi connectivity index (χ1v) is 6.03. The van der Waals surface area contributed by atoms with Crippen LogP contribution in [0.25, 0.3) is 0 Å². The van der Waals surface area contributed by atoms with Crippen LogP contribution in [0.4, 0.5) is 0 Å². The summed E-state index contributed by atoms with van der Waals surface area (Å²) in [6.07, 6.45) is 1.89. The predicted molar refractivity (Wildman–Crippen MR) is 61.9 cm³/mol. The summed E-state index contributed by atoms with van der Waals surface area (Å²) in [6.45, 7) is 2.00. The normalized spacial score (nSPS) is 12.4. The first kappa shape index (κ1) is 12.2. The van der Waals surface area contributed by atoms with Crippen LogP contribution in [-0.4, -0.2) is 23.7 Å². The van der Waals surface area contributed by atoms with Crippen LogP contribution in [0.5, 0.6) is 0 Å². The van der Waals surface area contributed by atoms with Gasteiger partial charge in [0.25, 0.3) is 0 Å². The zero-order valence-electron chi connectivity index (χ0n) is 8.90. The average molecular weight is 227 g/mol. The summed E-state index contributed by atoms with van der Waals surface area (Å²) in [4.78, 5) is 12.6. The number of carbonyl (C=O) groups excluding carboxylic acids is 1. The van der Waals surface area contributed by atoms with E-state index in [2.05, 4.69) is 11.4 Å². The molecule has 0 saturated carbocycles. The smallest absolute Gasteiger partial charge is 0.220 e. The molecule has 0 aromatic carbocycles. The van der Waals surface area contributed by atoms with E-state index in [1.807, 2.05) is 11.4 Å². The minimum absolute atomic E-state index is 0.0208. The maximum Gasteiger partial charge on any atom is 0.220 e. The second-order valence-electron chi connectivity index (χ2n) is 3.59. The van der Waals surface area contributed by atoms with Gasteiger partial charge in [0, 0.05) is 17.8 Å². The molecule has 15 heavy (non-hydrogen) atoms. The molecule has 0 spiro atoms. The number of hydrogen-bond acceptors (Lipinski definition) is 3. The molecular formula is C11H17NO2S. The van der Waals surface area contributed by atoms with Gasteiger partial charge in [0.05, 0.1) is 6.10 Å². The van der Waals surface area contributed by atoms with E-state index in [-0.39, 0.29) is 5.91 Å². The SMILES string of the molecule is CC(O)CNC(=O)CCCc1cccs1. The van der Waals surface area contributed by atoms with E-state index < -0.39 is 6.10 Å². The first-order chi connectivity index (χ1) is 7.18. The molecule has 1 rings (SSSR count). The molecule has 4 heteroatoms. The highest BCUT2D eigenvalue weighted by atomic mass is 32.1. The van der Waals surface area contributed by atoms with E-state index >= 15 is 0 Å². The second kappa shape index (κ2) is 6.58. The number of aliphatic hydroxyl groups is 1. The lowest BCUT2D eigenvalue weighted by Gasteiger charge is -2.06. The molecule has 0 fully saturated rings. The summed E-state index contributed by atoms with van der Waals surface area (Å²) in [5.41, 5.74) is 0. The summed E-state index contributed by atoms with van der Waals surface area (Å²) < 4.78 is 0. The lowest BCUT2D eigenvalue weighted by Crippen LogP contribution is -2.30. The van der Waals surface area contributed by atoms with Crippen LogP contribution in [0.3, 0.4) is 0 Å². The Morgan fingerprint density at radius 2 is 2.47 bits per heavy atom. The van der Waals surface area contributed by atoms with Gasteiger partial charge in [0.1, 0.15) is 0 Å². The van der Waals surface area contributed by atoms with Gasteiger partial charge in [-0.05, 0) is 31.2 Å². The van der Waals surface area contributed by atoms with Crippen LogP contribution in [0.15, 0.2) is 17.5 Å². The molecule has 84 valence electrons. The molecule has 0 aliphatic heterocycles. The van der Waals surface area contributed by atoms with Crippen molar-refractivity contribution in [2.45, 2.75) is 32.3 Å². The Labute approximate surface area is 94.1 Å². The fraction of sp³-hybridized carbons (Fsp3) is 0.545. The Kier molecular flexibility index (Phi) is 5.36. The molecule has 1 aromatic heterocycles. The van der Waals surface area contributed by atoms with Crippen LogP contribution in [0, 0.1) is 0 Å². The number of aryl methyl sites for hydroxylation is 1. The Bertz CT molecular complexity index is 283. The van der Waals surface area contributed by atoms with E-state index in [4.69, 9.17) is 5.11 Å². The summed E-state index contributed by atoms with van der Waals surface area (Å²) in [5.74, 6) is 0.0208. The van der Waals surface area contributed by atoms with Gasteiger partial charge in [-0.1, -0.05) is 6.07 Å². The van der Waals surface area contributed by atoms with Gasteiger partial charge in [-0.15, -0.1) is 11.3 Å². The highest BCUT2D eigenvalue weighted by molar-refractivity contribution is 7.09. The molecule has 1 aromatic rings. The van der Waals surface area contributed by atoms with Gasteiger partial charge in [-0.2, -0.15) is 0 Å². The van der Waals surface area contributed by atoms with Gasteiger partial charge in [0.2, 0.25) is 5.91 Å². The first-order valence-electron chi connectivity index (χ1n) is 5.15. The third-order valence-corrected chi connectivity index (χ3v) is 2.94. The van der Waals surface area contributed by atoms with Gasteiger partial charge < -0.3 is 10.4 Å². The van der Waals surface area contributed by atoms with Crippen molar-refractivity contribution in [2.24, 2.45) is 0 Å². The molecule has 1 heterocycles. The minimum Gasteiger partial charge on any atom is -0.392 e. The molecule has 0 aliphatic carbocycles. The molecule has 2 N–H and O–H groups in total. The number of carbonyl (C=O) groups is 1. The number of thiophene rings is 1. The van der Waals surface area contributed by atoms with Crippen molar-refractivity contribution in [3.63, 3.8) is 0 Å². The van der Waals surface area contributed by atoms with Crippen molar-refractivity contribution >= 4 is 17.2 Å². The third-order valence-electron chi connectivity index (χ3n) is 2.00. The van der Waals surface area contributed by atoms with E-state index in [9.17, 15) is 4.79 Å². The molecule has 3 nitrogen and oxygen atoms in total. The van der Waals surface area contributed by atoms with Crippen LogP contribution in [0.1, 0.15) is 24.6 Å². The molecule has 0 radical (unpaired) electrons. The largest absolute Gasteiger partial charge is 0.392 e. The van der Waals surface area contributed by atoms with Crippen molar-refractivity contribution in [2.75, 3.05) is 6.54 Å². The number of amides is 1. The fourth-order valence-electron chi connectivity index (χ4n) is 1.23. The summed E-state index contributed by atoms with van der Waals surface area (Å²) >= 11 is 1.72. The summed E-state index contributed by atoms with van der Waals surface area (Å²) in [5, 5.41) is 13.7. The maximum absolute atomic E-state index is 11.3. The topological polar surface area (TPSA) is 49.3 Å². The Balaban J connectivity index is 2.07. The van der Waals surface area contributed by atoms with Crippen molar-refractivity contribution < 1.29 is 9.90 Å². The van der Waals surface area contributed by atoms with E-state index in [1.165, 1.54) is 4.88 Å². The van der Waals surface area contributed by atoms with E-state index in [0.717, 1.165) is 12.8 Å². The van der Waals surface area contributed by atoms with Crippen LogP contribution in [-0.2, 0) is 11.2 Å². The molecule has 1 atom stereocenters. The van der Waals surface area contributed by atoms with Crippen LogP contribution < -0.4 is 5.32 Å². The molecule has 0 aliphatic rings. The Hall–Kier alpha value is -0.870.